The average Bonchev–Trinajstić information content (AvgIpc) is 2.54. The molecule has 2 aromatic rings. The molecule has 0 aliphatic heterocycles. The summed E-state index contributed by atoms with van der Waals surface area (Å²) in [6, 6.07) is 16.8. The average molecular weight is 324 g/mol. The van der Waals surface area contributed by atoms with E-state index in [0.29, 0.717) is 0 Å². The van der Waals surface area contributed by atoms with Crippen LogP contribution in [0.2, 0.25) is 0 Å². The van der Waals surface area contributed by atoms with Crippen LogP contribution in [-0.4, -0.2) is 11.7 Å². The molecule has 24 heavy (non-hydrogen) atoms. The first-order valence-corrected chi connectivity index (χ1v) is 8.25. The topological polar surface area (TPSA) is 74.3 Å². The Morgan fingerprint density at radius 1 is 1.00 bits per heavy atom. The Kier molecular flexibility index (Phi) is 8.26. The maximum Gasteiger partial charge on any atom is 0.103 e. The number of hydrogen-bond acceptors (Lipinski definition) is 2. The largest absolute Gasteiger partial charge is 0.388 e. The molecule has 4 heteroatoms. The van der Waals surface area contributed by atoms with Gasteiger partial charge in [-0.1, -0.05) is 38.1 Å². The number of aryl methyl sites for hydroxylation is 2. The third-order valence-electron chi connectivity index (χ3n) is 3.28. The lowest BCUT2D eigenvalue weighted by Gasteiger charge is -2.07. The fourth-order valence-corrected chi connectivity index (χ4v) is 2.15. The van der Waals surface area contributed by atoms with Gasteiger partial charge in [0.25, 0.3) is 0 Å². The van der Waals surface area contributed by atoms with Crippen LogP contribution in [0.3, 0.4) is 0 Å². The van der Waals surface area contributed by atoms with E-state index in [-0.39, 0.29) is 5.84 Å². The third kappa shape index (κ3) is 7.58. The van der Waals surface area contributed by atoms with Crippen molar-refractivity contribution in [3.63, 3.8) is 0 Å². The standard InChI is InChI=1S/C18H22N2.C2H6N2/c1-4-15-8-6-10-17(12-15)19-14(3)20-18-11-7-9-16(5-2)13-18;1-2(3)4/h6-13H,4-5H2,1-3H3,(H,19,20);1H3,(H3,3,4). The second-order valence-electron chi connectivity index (χ2n) is 5.58. The molecule has 0 radical (unpaired) electrons. The molecule has 0 unspecified atom stereocenters. The van der Waals surface area contributed by atoms with E-state index < -0.39 is 0 Å². The molecule has 0 amide bonds. The van der Waals surface area contributed by atoms with E-state index in [1.807, 2.05) is 13.0 Å². The lowest BCUT2D eigenvalue weighted by atomic mass is 10.1. The Bertz CT molecular complexity index is 686. The molecule has 0 heterocycles. The molecule has 0 bridgehead atoms. The molecule has 128 valence electrons. The number of nitrogens with two attached hydrogens (primary N) is 1. The molecule has 0 aliphatic rings. The Labute approximate surface area is 145 Å². The number of benzene rings is 2. The van der Waals surface area contributed by atoms with Crippen LogP contribution in [0.4, 0.5) is 11.4 Å². The summed E-state index contributed by atoms with van der Waals surface area (Å²) in [5.74, 6) is 1.08. The number of anilines is 1. The van der Waals surface area contributed by atoms with Gasteiger partial charge in [0.15, 0.2) is 0 Å². The number of amidine groups is 2. The van der Waals surface area contributed by atoms with Crippen LogP contribution in [0.15, 0.2) is 53.5 Å². The Morgan fingerprint density at radius 2 is 1.54 bits per heavy atom. The third-order valence-corrected chi connectivity index (χ3v) is 3.28. The minimum atomic E-state index is 0.167. The van der Waals surface area contributed by atoms with E-state index >= 15 is 0 Å². The predicted octanol–water partition coefficient (Wildman–Crippen LogP) is 4.92. The van der Waals surface area contributed by atoms with Crippen molar-refractivity contribution in [3.05, 3.63) is 59.7 Å². The first kappa shape index (κ1) is 19.4. The molecule has 0 spiro atoms. The van der Waals surface area contributed by atoms with Gasteiger partial charge in [-0.25, -0.2) is 4.99 Å². The lowest BCUT2D eigenvalue weighted by molar-refractivity contribution is 1.14. The molecular weight excluding hydrogens is 296 g/mol. The quantitative estimate of drug-likeness (QED) is 0.552. The van der Waals surface area contributed by atoms with E-state index in [4.69, 9.17) is 11.1 Å². The number of nitrogens with zero attached hydrogens (tertiary/aromatic N) is 1. The fourth-order valence-electron chi connectivity index (χ4n) is 2.15. The van der Waals surface area contributed by atoms with Crippen molar-refractivity contribution in [2.45, 2.75) is 40.5 Å². The number of rotatable bonds is 4. The van der Waals surface area contributed by atoms with Gasteiger partial charge in [-0.05, 0) is 62.1 Å². The van der Waals surface area contributed by atoms with Gasteiger partial charge in [0.2, 0.25) is 0 Å². The SMILES string of the molecule is CC(=N)N.CCc1cccc(N=C(C)Nc2cccc(CC)c2)c1. The van der Waals surface area contributed by atoms with Gasteiger partial charge in [-0.3, -0.25) is 5.41 Å². The highest BCUT2D eigenvalue weighted by Gasteiger charge is 1.97. The van der Waals surface area contributed by atoms with Crippen LogP contribution in [0, 0.1) is 5.41 Å². The summed E-state index contributed by atoms with van der Waals surface area (Å²) in [6.45, 7) is 7.84. The van der Waals surface area contributed by atoms with Gasteiger partial charge in [-0.15, -0.1) is 0 Å². The molecule has 2 aromatic carbocycles. The monoisotopic (exact) mass is 324 g/mol. The van der Waals surface area contributed by atoms with Gasteiger partial charge < -0.3 is 11.1 Å². The number of hydrogen-bond donors (Lipinski definition) is 3. The molecule has 0 atom stereocenters. The van der Waals surface area contributed by atoms with Crippen molar-refractivity contribution in [1.82, 2.24) is 0 Å². The molecule has 2 rings (SSSR count). The smallest absolute Gasteiger partial charge is 0.103 e. The first-order chi connectivity index (χ1) is 11.4. The summed E-state index contributed by atoms with van der Waals surface area (Å²) in [4.78, 5) is 4.62. The van der Waals surface area contributed by atoms with Crippen LogP contribution >= 0.6 is 0 Å². The molecule has 4 N–H and O–H groups in total. The molecule has 0 saturated carbocycles. The zero-order chi connectivity index (χ0) is 17.9. The zero-order valence-corrected chi connectivity index (χ0v) is 15.1. The minimum absolute atomic E-state index is 0.167. The van der Waals surface area contributed by atoms with E-state index in [2.05, 4.69) is 66.6 Å². The van der Waals surface area contributed by atoms with E-state index in [9.17, 15) is 0 Å². The minimum Gasteiger partial charge on any atom is -0.388 e. The van der Waals surface area contributed by atoms with Crippen LogP contribution in [0.1, 0.15) is 38.8 Å². The van der Waals surface area contributed by atoms with Gasteiger partial charge in [0.1, 0.15) is 5.84 Å². The summed E-state index contributed by atoms with van der Waals surface area (Å²) in [7, 11) is 0. The van der Waals surface area contributed by atoms with Crippen molar-refractivity contribution in [2.75, 3.05) is 5.32 Å². The Hall–Kier alpha value is -2.62. The zero-order valence-electron chi connectivity index (χ0n) is 15.1. The summed E-state index contributed by atoms with van der Waals surface area (Å²) in [5, 5.41) is 9.63. The van der Waals surface area contributed by atoms with Gasteiger partial charge >= 0.3 is 0 Å². The van der Waals surface area contributed by atoms with Gasteiger partial charge in [0, 0.05) is 5.69 Å². The van der Waals surface area contributed by atoms with Crippen molar-refractivity contribution in [1.29, 1.82) is 5.41 Å². The molecule has 4 nitrogen and oxygen atoms in total. The van der Waals surface area contributed by atoms with Gasteiger partial charge in [0.05, 0.1) is 11.5 Å². The van der Waals surface area contributed by atoms with Crippen LogP contribution in [-0.2, 0) is 12.8 Å². The summed E-state index contributed by atoms with van der Waals surface area (Å²) in [6.07, 6.45) is 2.08. The molecule has 0 aliphatic carbocycles. The van der Waals surface area contributed by atoms with E-state index in [0.717, 1.165) is 30.1 Å². The number of nitrogens with one attached hydrogen (secondary N) is 2. The van der Waals surface area contributed by atoms with Gasteiger partial charge in [-0.2, -0.15) is 0 Å². The highest BCUT2D eigenvalue weighted by Crippen LogP contribution is 2.16. The summed E-state index contributed by atoms with van der Waals surface area (Å²) in [5.41, 5.74) is 9.43. The van der Waals surface area contributed by atoms with Crippen LogP contribution in [0.25, 0.3) is 0 Å². The van der Waals surface area contributed by atoms with Crippen molar-refractivity contribution in [2.24, 2.45) is 10.7 Å². The lowest BCUT2D eigenvalue weighted by Crippen LogP contribution is -2.06. The number of aliphatic imine (C=N–C) groups is 1. The normalized spacial score (nSPS) is 10.6. The van der Waals surface area contributed by atoms with Crippen LogP contribution in [0.5, 0.6) is 0 Å². The highest BCUT2D eigenvalue weighted by molar-refractivity contribution is 5.95. The molecule has 0 saturated heterocycles. The summed E-state index contributed by atoms with van der Waals surface area (Å²) < 4.78 is 0. The van der Waals surface area contributed by atoms with E-state index in [1.54, 1.807) is 0 Å². The summed E-state index contributed by atoms with van der Waals surface area (Å²) >= 11 is 0. The van der Waals surface area contributed by atoms with Crippen molar-refractivity contribution >= 4 is 23.0 Å². The van der Waals surface area contributed by atoms with Crippen LogP contribution < -0.4 is 11.1 Å². The maximum absolute atomic E-state index is 6.28. The highest BCUT2D eigenvalue weighted by atomic mass is 15.0. The van der Waals surface area contributed by atoms with Crippen molar-refractivity contribution < 1.29 is 0 Å². The molecular formula is C20H28N4. The second kappa shape index (κ2) is 10.2. The molecule has 0 aromatic heterocycles. The van der Waals surface area contributed by atoms with Crippen molar-refractivity contribution in [3.8, 4) is 0 Å². The first-order valence-electron chi connectivity index (χ1n) is 8.25. The Balaban J connectivity index is 0.000000648. The predicted molar refractivity (Wildman–Crippen MR) is 106 cm³/mol. The Morgan fingerprint density at radius 3 is 2.12 bits per heavy atom. The fraction of sp³-hybridized carbons (Fsp3) is 0.300. The maximum atomic E-state index is 6.28. The van der Waals surface area contributed by atoms with E-state index in [1.165, 1.54) is 18.1 Å². The second-order valence-corrected chi connectivity index (χ2v) is 5.58. The molecule has 0 fully saturated rings.